The Balaban J connectivity index is 2.18. The van der Waals surface area contributed by atoms with Crippen LogP contribution in [0.25, 0.3) is 0 Å². The minimum atomic E-state index is -1.40. The highest BCUT2D eigenvalue weighted by Crippen LogP contribution is 2.50. The molecule has 1 aromatic rings. The van der Waals surface area contributed by atoms with Crippen LogP contribution in [0, 0.1) is 0 Å². The molecule has 1 saturated heterocycles. The van der Waals surface area contributed by atoms with E-state index in [1.165, 1.54) is 0 Å². The molecule has 1 fully saturated rings. The fraction of sp³-hybridized carbons (Fsp3) is 0.562. The summed E-state index contributed by atoms with van der Waals surface area (Å²) in [7, 11) is -1.08. The Hall–Kier alpha value is -0.450. The van der Waals surface area contributed by atoms with Crippen LogP contribution >= 0.6 is 19.7 Å². The van der Waals surface area contributed by atoms with E-state index in [1.807, 2.05) is 36.6 Å². The molecule has 1 aliphatic heterocycles. The number of carbonyl (C=O) groups excluding carboxylic acids is 1. The molecule has 4 unspecified atom stereocenters. The van der Waals surface area contributed by atoms with E-state index in [4.69, 9.17) is 4.74 Å². The largest absolute Gasteiger partial charge is 0.393 e. The second kappa shape index (κ2) is 8.42. The Morgan fingerprint density at radius 1 is 1.50 bits per heavy atom. The van der Waals surface area contributed by atoms with Crippen LogP contribution in [-0.2, 0) is 15.7 Å². The molecule has 1 aliphatic rings. The molecule has 0 amide bonds. The zero-order valence-corrected chi connectivity index (χ0v) is 14.4. The van der Waals surface area contributed by atoms with Crippen molar-refractivity contribution in [3.63, 3.8) is 0 Å². The van der Waals surface area contributed by atoms with Gasteiger partial charge in [0.05, 0.1) is 12.7 Å². The van der Waals surface area contributed by atoms with Gasteiger partial charge in [0.2, 0.25) is 0 Å². The summed E-state index contributed by atoms with van der Waals surface area (Å²) in [6, 6.07) is 10.8. The highest BCUT2D eigenvalue weighted by Gasteiger charge is 2.45. The Morgan fingerprint density at radius 2 is 2.23 bits per heavy atom. The third kappa shape index (κ3) is 4.53. The number of aliphatic hydroxyl groups is 2. The lowest BCUT2D eigenvalue weighted by Gasteiger charge is -2.42. The zero-order valence-electron chi connectivity index (χ0n) is 12.7. The molecule has 0 aromatic heterocycles. The van der Waals surface area contributed by atoms with Crippen molar-refractivity contribution in [2.45, 2.75) is 36.6 Å². The van der Waals surface area contributed by atoms with Gasteiger partial charge in [-0.15, -0.1) is 0 Å². The molecular weight excluding hydrogens is 319 g/mol. The smallest absolute Gasteiger partial charge is 0.175 e. The van der Waals surface area contributed by atoms with Gasteiger partial charge in [0.15, 0.2) is 5.79 Å². The first kappa shape index (κ1) is 17.9. The van der Waals surface area contributed by atoms with E-state index in [0.717, 1.165) is 11.6 Å². The Kier molecular flexibility index (Phi) is 6.85. The molecule has 22 heavy (non-hydrogen) atoms. The van der Waals surface area contributed by atoms with Crippen molar-refractivity contribution in [1.82, 2.24) is 0 Å². The summed E-state index contributed by atoms with van der Waals surface area (Å²) in [5, 5.41) is 20.8. The van der Waals surface area contributed by atoms with Crippen LogP contribution in [0.4, 0.5) is 0 Å². The summed E-state index contributed by atoms with van der Waals surface area (Å²) in [5.41, 5.74) is 0.817. The zero-order chi connectivity index (χ0) is 16.0. The molecule has 6 heteroatoms. The van der Waals surface area contributed by atoms with Gasteiger partial charge in [-0.1, -0.05) is 30.3 Å². The number of carbonyl (C=O) groups is 1. The summed E-state index contributed by atoms with van der Waals surface area (Å²) in [5.74, 6) is -0.761. The second-order valence-corrected chi connectivity index (χ2v) is 8.66. The van der Waals surface area contributed by atoms with Gasteiger partial charge in [0, 0.05) is 17.8 Å². The molecule has 0 spiro atoms. The molecule has 2 rings (SSSR count). The SMILES string of the molecule is CSCC(P(C=O)Cc1ccccc1)C1(O)CC(O)CCO1. The normalized spacial score (nSPS) is 28.0. The quantitative estimate of drug-likeness (QED) is 0.588. The van der Waals surface area contributed by atoms with Crippen molar-refractivity contribution in [2.75, 3.05) is 18.6 Å². The van der Waals surface area contributed by atoms with Gasteiger partial charge in [0.25, 0.3) is 0 Å². The first-order chi connectivity index (χ1) is 10.6. The summed E-state index contributed by atoms with van der Waals surface area (Å²) in [4.78, 5) is 11.7. The number of thioether (sulfide) groups is 1. The van der Waals surface area contributed by atoms with Crippen molar-refractivity contribution >= 4 is 25.7 Å². The van der Waals surface area contributed by atoms with Crippen LogP contribution in [0.2, 0.25) is 0 Å². The molecule has 0 aliphatic carbocycles. The van der Waals surface area contributed by atoms with Gasteiger partial charge < -0.3 is 14.9 Å². The van der Waals surface area contributed by atoms with Crippen molar-refractivity contribution in [3.05, 3.63) is 35.9 Å². The van der Waals surface area contributed by atoms with Gasteiger partial charge in [-0.2, -0.15) is 11.8 Å². The highest BCUT2D eigenvalue weighted by atomic mass is 32.2. The monoisotopic (exact) mass is 342 g/mol. The topological polar surface area (TPSA) is 66.8 Å². The van der Waals surface area contributed by atoms with Crippen molar-refractivity contribution in [2.24, 2.45) is 0 Å². The fourth-order valence-electron chi connectivity index (χ4n) is 2.76. The number of ether oxygens (including phenoxy) is 1. The third-order valence-electron chi connectivity index (χ3n) is 3.92. The van der Waals surface area contributed by atoms with Crippen LogP contribution in [0.1, 0.15) is 18.4 Å². The predicted octanol–water partition coefficient (Wildman–Crippen LogP) is 2.45. The predicted molar refractivity (Wildman–Crippen MR) is 92.1 cm³/mol. The van der Waals surface area contributed by atoms with Crippen LogP contribution in [-0.4, -0.2) is 52.4 Å². The molecule has 0 bridgehead atoms. The average molecular weight is 342 g/mol. The first-order valence-electron chi connectivity index (χ1n) is 7.37. The van der Waals surface area contributed by atoms with E-state index < -0.39 is 19.8 Å². The van der Waals surface area contributed by atoms with E-state index in [2.05, 4.69) is 0 Å². The van der Waals surface area contributed by atoms with Gasteiger partial charge in [0.1, 0.15) is 6.03 Å². The van der Waals surface area contributed by atoms with Crippen molar-refractivity contribution < 1.29 is 19.7 Å². The van der Waals surface area contributed by atoms with Crippen LogP contribution in [0.15, 0.2) is 30.3 Å². The number of hydrogen-bond acceptors (Lipinski definition) is 5. The Bertz CT molecular complexity index is 472. The average Bonchev–Trinajstić information content (AvgIpc) is 2.51. The van der Waals surface area contributed by atoms with Gasteiger partial charge in [-0.25, -0.2) is 0 Å². The minimum absolute atomic E-state index is 0.180. The molecule has 0 saturated carbocycles. The number of rotatable bonds is 7. The van der Waals surface area contributed by atoms with Crippen LogP contribution in [0.5, 0.6) is 0 Å². The lowest BCUT2D eigenvalue weighted by atomic mass is 10.0. The molecule has 2 N–H and O–H groups in total. The molecule has 1 heterocycles. The van der Waals surface area contributed by atoms with E-state index in [0.29, 0.717) is 24.9 Å². The maximum absolute atomic E-state index is 11.7. The summed E-state index contributed by atoms with van der Waals surface area (Å²) in [6.45, 7) is 0.329. The molecule has 4 atom stereocenters. The van der Waals surface area contributed by atoms with Gasteiger partial charge >= 0.3 is 0 Å². The van der Waals surface area contributed by atoms with E-state index in [9.17, 15) is 15.0 Å². The van der Waals surface area contributed by atoms with Crippen molar-refractivity contribution in [1.29, 1.82) is 0 Å². The van der Waals surface area contributed by atoms with Crippen molar-refractivity contribution in [3.8, 4) is 0 Å². The highest BCUT2D eigenvalue weighted by molar-refractivity contribution is 7.99. The van der Waals surface area contributed by atoms with Gasteiger partial charge in [-0.05, 0) is 32.3 Å². The summed E-state index contributed by atoms with van der Waals surface area (Å²) >= 11 is 1.59. The molecule has 122 valence electrons. The van der Waals surface area contributed by atoms with E-state index in [-0.39, 0.29) is 12.1 Å². The summed E-state index contributed by atoms with van der Waals surface area (Å²) < 4.78 is 5.61. The minimum Gasteiger partial charge on any atom is -0.393 e. The second-order valence-electron chi connectivity index (χ2n) is 5.57. The third-order valence-corrected chi connectivity index (χ3v) is 7.22. The Morgan fingerprint density at radius 3 is 2.82 bits per heavy atom. The van der Waals surface area contributed by atoms with E-state index >= 15 is 0 Å². The molecule has 4 nitrogen and oxygen atoms in total. The lowest BCUT2D eigenvalue weighted by molar-refractivity contribution is -0.241. The first-order valence-corrected chi connectivity index (χ1v) is 10.4. The Labute approximate surface area is 137 Å². The fourth-order valence-corrected chi connectivity index (χ4v) is 6.32. The molecule has 0 radical (unpaired) electrons. The summed E-state index contributed by atoms with van der Waals surface area (Å²) in [6.07, 6.45) is 2.73. The maximum atomic E-state index is 11.7. The maximum Gasteiger partial charge on any atom is 0.175 e. The lowest BCUT2D eigenvalue weighted by Crippen LogP contribution is -2.51. The standard InChI is InChI=1S/C16H23O4PS/c1-22-11-15(16(19)9-14(18)7-8-20-16)21(12-17)10-13-5-3-2-4-6-13/h2-6,12,14-15,18-19H,7-11H2,1H3. The molecule has 1 aromatic carbocycles. The molecular formula is C16H23O4PS. The van der Waals surface area contributed by atoms with E-state index in [1.54, 1.807) is 11.8 Å². The van der Waals surface area contributed by atoms with Crippen LogP contribution < -0.4 is 0 Å². The van der Waals surface area contributed by atoms with Crippen LogP contribution in [0.3, 0.4) is 0 Å². The van der Waals surface area contributed by atoms with Gasteiger partial charge in [-0.3, -0.25) is 4.79 Å². The number of benzene rings is 1. The number of hydrogen-bond donors (Lipinski definition) is 2. The number of aliphatic hydroxyl groups excluding tert-OH is 1.